The van der Waals surface area contributed by atoms with Gasteiger partial charge in [0.1, 0.15) is 10.7 Å². The molecule has 9 heteroatoms. The van der Waals surface area contributed by atoms with Gasteiger partial charge in [-0.05, 0) is 30.9 Å². The number of fused-ring (bicyclic) bond motifs is 6. The Kier molecular flexibility index (Phi) is 4.46. The molecular weight excluding hydrogens is 434 g/mol. The van der Waals surface area contributed by atoms with Crippen molar-refractivity contribution in [2.24, 2.45) is 5.92 Å². The maximum Gasteiger partial charge on any atom is 0.285 e. The summed E-state index contributed by atoms with van der Waals surface area (Å²) in [6.45, 7) is 1.16. The van der Waals surface area contributed by atoms with E-state index in [0.29, 0.717) is 42.1 Å². The van der Waals surface area contributed by atoms with Gasteiger partial charge in [0.05, 0.1) is 29.9 Å². The first kappa shape index (κ1) is 20.2. The Morgan fingerprint density at radius 3 is 2.84 bits per heavy atom. The zero-order valence-corrected chi connectivity index (χ0v) is 18.6. The number of allylic oxidation sites excluding steroid dienone is 2. The summed E-state index contributed by atoms with van der Waals surface area (Å²) in [5, 5.41) is 0.627. The van der Waals surface area contributed by atoms with Gasteiger partial charge in [-0.15, -0.1) is 11.3 Å². The van der Waals surface area contributed by atoms with Gasteiger partial charge in [-0.3, -0.25) is 19.1 Å². The molecule has 4 aliphatic rings. The van der Waals surface area contributed by atoms with Crippen LogP contribution in [0.25, 0.3) is 10.2 Å². The number of hydrogen-bond donors (Lipinski definition) is 0. The van der Waals surface area contributed by atoms with Crippen molar-refractivity contribution in [3.63, 3.8) is 0 Å². The monoisotopic (exact) mass is 458 g/mol. The third-order valence-corrected chi connectivity index (χ3v) is 8.51. The van der Waals surface area contributed by atoms with E-state index in [4.69, 9.17) is 4.98 Å². The summed E-state index contributed by atoms with van der Waals surface area (Å²) in [4.78, 5) is 36.5. The van der Waals surface area contributed by atoms with Gasteiger partial charge in [-0.2, -0.15) is 8.78 Å². The molecule has 6 rings (SSSR count). The molecule has 0 saturated heterocycles. The Morgan fingerprint density at radius 1 is 1.19 bits per heavy atom. The Hall–Kier alpha value is -2.39. The van der Waals surface area contributed by atoms with Crippen LogP contribution in [-0.2, 0) is 24.3 Å². The van der Waals surface area contributed by atoms with Crippen LogP contribution in [0.15, 0.2) is 29.1 Å². The number of halogens is 2. The largest absolute Gasteiger partial charge is 0.338 e. The van der Waals surface area contributed by atoms with Crippen LogP contribution in [0.1, 0.15) is 41.6 Å². The molecule has 1 unspecified atom stereocenters. The van der Waals surface area contributed by atoms with Crippen LogP contribution in [0.4, 0.5) is 8.78 Å². The van der Waals surface area contributed by atoms with E-state index >= 15 is 0 Å². The van der Waals surface area contributed by atoms with Gasteiger partial charge in [0.25, 0.3) is 11.5 Å². The summed E-state index contributed by atoms with van der Waals surface area (Å²) in [6, 6.07) is -1.11. The molecule has 2 aliphatic carbocycles. The maximum absolute atomic E-state index is 14.5. The average Bonchev–Trinajstić information content (AvgIpc) is 3.34. The van der Waals surface area contributed by atoms with E-state index in [1.54, 1.807) is 33.6 Å². The second-order valence-electron chi connectivity index (χ2n) is 9.27. The van der Waals surface area contributed by atoms with E-state index in [1.807, 2.05) is 0 Å². The molecule has 0 bridgehead atoms. The lowest BCUT2D eigenvalue weighted by Gasteiger charge is -2.37. The first-order valence-electron chi connectivity index (χ1n) is 11.1. The molecule has 1 fully saturated rings. The molecule has 0 N–H and O–H groups in total. The molecular formula is C23H24F2N4O2S. The van der Waals surface area contributed by atoms with Gasteiger partial charge in [0.2, 0.25) is 5.91 Å². The van der Waals surface area contributed by atoms with Crippen LogP contribution in [-0.4, -0.2) is 50.8 Å². The third kappa shape index (κ3) is 2.86. The van der Waals surface area contributed by atoms with Crippen molar-refractivity contribution in [1.82, 2.24) is 19.4 Å². The summed E-state index contributed by atoms with van der Waals surface area (Å²) in [5.41, 5.74) is 0.882. The lowest BCUT2D eigenvalue weighted by Crippen LogP contribution is -2.48. The van der Waals surface area contributed by atoms with Crippen molar-refractivity contribution in [3.8, 4) is 0 Å². The molecule has 1 amide bonds. The molecule has 0 spiro atoms. The molecule has 2 aliphatic heterocycles. The van der Waals surface area contributed by atoms with Crippen LogP contribution in [0.3, 0.4) is 0 Å². The standard InChI is InChI=1S/C23H24F2N4O2S/c1-27-12-18-26-20-19(22(31)29(18)15-6-4-5-13(15)21(27)30)14-8-10-28(11-16(14)32-20)17-7-2-3-9-23(17,24)25/h2-3,7,9,13,15,17H,4-6,8,10-12H2,1H3/t13-,15+,17?/m0/s1. The second kappa shape index (κ2) is 7.05. The van der Waals surface area contributed by atoms with Crippen molar-refractivity contribution in [2.45, 2.75) is 56.8 Å². The molecule has 0 radical (unpaired) electrons. The zero-order chi connectivity index (χ0) is 22.2. The second-order valence-corrected chi connectivity index (χ2v) is 10.4. The predicted octanol–water partition coefficient (Wildman–Crippen LogP) is 3.26. The van der Waals surface area contributed by atoms with E-state index in [1.165, 1.54) is 17.4 Å². The molecule has 2 aromatic heterocycles. The number of thiophene rings is 1. The molecule has 6 nitrogen and oxygen atoms in total. The number of carbonyl (C=O) groups excluding carboxylic acids is 1. The molecule has 2 aromatic rings. The highest BCUT2D eigenvalue weighted by atomic mass is 32.1. The van der Waals surface area contributed by atoms with Gasteiger partial charge in [0, 0.05) is 25.0 Å². The minimum absolute atomic E-state index is 0.0678. The fraction of sp³-hybridized carbons (Fsp3) is 0.522. The summed E-state index contributed by atoms with van der Waals surface area (Å²) >= 11 is 1.43. The quantitative estimate of drug-likeness (QED) is 0.658. The Labute approximate surface area is 187 Å². The van der Waals surface area contributed by atoms with Gasteiger partial charge in [0.15, 0.2) is 0 Å². The number of carbonyl (C=O) groups is 1. The molecule has 4 heterocycles. The number of aromatic nitrogens is 2. The van der Waals surface area contributed by atoms with Crippen LogP contribution in [0.2, 0.25) is 0 Å². The highest BCUT2D eigenvalue weighted by Crippen LogP contribution is 2.41. The Morgan fingerprint density at radius 2 is 2.03 bits per heavy atom. The smallest absolute Gasteiger partial charge is 0.285 e. The molecule has 168 valence electrons. The number of nitrogens with zero attached hydrogens (tertiary/aromatic N) is 4. The van der Waals surface area contributed by atoms with Crippen LogP contribution >= 0.6 is 11.3 Å². The highest BCUT2D eigenvalue weighted by molar-refractivity contribution is 7.18. The van der Waals surface area contributed by atoms with E-state index in [9.17, 15) is 18.4 Å². The third-order valence-electron chi connectivity index (χ3n) is 7.40. The van der Waals surface area contributed by atoms with Gasteiger partial charge in [-0.25, -0.2) is 4.98 Å². The first-order valence-corrected chi connectivity index (χ1v) is 12.0. The van der Waals surface area contributed by atoms with Gasteiger partial charge in [-0.1, -0.05) is 24.6 Å². The molecule has 3 atom stereocenters. The highest BCUT2D eigenvalue weighted by Gasteiger charge is 2.43. The van der Waals surface area contributed by atoms with Gasteiger partial charge >= 0.3 is 0 Å². The van der Waals surface area contributed by atoms with Crippen molar-refractivity contribution >= 4 is 27.5 Å². The molecule has 0 aromatic carbocycles. The summed E-state index contributed by atoms with van der Waals surface area (Å²) in [6.07, 6.45) is 8.65. The Bertz CT molecular complexity index is 1250. The van der Waals surface area contributed by atoms with Crippen molar-refractivity contribution in [2.75, 3.05) is 13.6 Å². The summed E-state index contributed by atoms with van der Waals surface area (Å²) in [7, 11) is 1.77. The maximum atomic E-state index is 14.5. The fourth-order valence-electron chi connectivity index (χ4n) is 5.86. The number of alkyl halides is 2. The van der Waals surface area contributed by atoms with Crippen LogP contribution in [0, 0.1) is 5.92 Å². The van der Waals surface area contributed by atoms with Crippen molar-refractivity contribution in [1.29, 1.82) is 0 Å². The van der Waals surface area contributed by atoms with E-state index in [0.717, 1.165) is 35.8 Å². The lowest BCUT2D eigenvalue weighted by atomic mass is 9.98. The number of rotatable bonds is 1. The van der Waals surface area contributed by atoms with Gasteiger partial charge < -0.3 is 4.90 Å². The summed E-state index contributed by atoms with van der Waals surface area (Å²) in [5.74, 6) is -2.35. The first-order chi connectivity index (χ1) is 15.3. The minimum Gasteiger partial charge on any atom is -0.338 e. The minimum atomic E-state index is -2.91. The fourth-order valence-corrected chi connectivity index (χ4v) is 7.12. The van der Waals surface area contributed by atoms with E-state index in [2.05, 4.69) is 0 Å². The van der Waals surface area contributed by atoms with Crippen LogP contribution < -0.4 is 5.56 Å². The predicted molar refractivity (Wildman–Crippen MR) is 118 cm³/mol. The number of amides is 1. The molecule has 1 saturated carbocycles. The molecule has 32 heavy (non-hydrogen) atoms. The van der Waals surface area contributed by atoms with Crippen LogP contribution in [0.5, 0.6) is 0 Å². The lowest BCUT2D eigenvalue weighted by molar-refractivity contribution is -0.134. The summed E-state index contributed by atoms with van der Waals surface area (Å²) < 4.78 is 30.7. The number of hydrogen-bond acceptors (Lipinski definition) is 5. The van der Waals surface area contributed by atoms with E-state index in [-0.39, 0.29) is 23.4 Å². The topological polar surface area (TPSA) is 58.4 Å². The van der Waals surface area contributed by atoms with Crippen molar-refractivity contribution in [3.05, 3.63) is 50.9 Å². The average molecular weight is 459 g/mol. The zero-order valence-electron chi connectivity index (χ0n) is 17.8. The SMILES string of the molecule is CN1Cc2nc3sc4c(c3c(=O)n2[C@@H]2CCC[C@@H]2C1=O)CCN(C1C=CC=CC1(F)F)C4. The van der Waals surface area contributed by atoms with Crippen molar-refractivity contribution < 1.29 is 13.6 Å². The Balaban J connectivity index is 1.44. The van der Waals surface area contributed by atoms with E-state index < -0.39 is 12.0 Å². The normalized spacial score (nSPS) is 29.2.